The Labute approximate surface area is 63.1 Å². The largest absolute Gasteiger partial charge is 0.327 e. The lowest BCUT2D eigenvalue weighted by Gasteiger charge is -2.20. The van der Waals surface area contributed by atoms with Gasteiger partial charge >= 0.3 is 0 Å². The van der Waals surface area contributed by atoms with E-state index in [9.17, 15) is 0 Å². The molecule has 62 valence electrons. The van der Waals surface area contributed by atoms with Gasteiger partial charge in [-0.15, -0.1) is 0 Å². The summed E-state index contributed by atoms with van der Waals surface area (Å²) in [5, 5.41) is 1.88. The van der Waals surface area contributed by atoms with Gasteiger partial charge in [-0.2, -0.15) is 5.06 Å². The molecule has 0 aliphatic carbocycles. The van der Waals surface area contributed by atoms with Crippen LogP contribution in [0.25, 0.3) is 0 Å². The second kappa shape index (κ2) is 5.65. The molecule has 0 saturated carbocycles. The van der Waals surface area contributed by atoms with Crippen LogP contribution in [0.2, 0.25) is 0 Å². The molecule has 0 aromatic heterocycles. The molecule has 0 aliphatic rings. The highest BCUT2D eigenvalue weighted by molar-refractivity contribution is 4.55. The second-order valence-corrected chi connectivity index (χ2v) is 2.55. The van der Waals surface area contributed by atoms with Crippen LogP contribution in [0.15, 0.2) is 0 Å². The van der Waals surface area contributed by atoms with E-state index in [4.69, 9.17) is 10.6 Å². The van der Waals surface area contributed by atoms with Crippen LogP contribution in [0.3, 0.4) is 0 Å². The molecule has 0 bridgehead atoms. The molecule has 0 fully saturated rings. The fourth-order valence-corrected chi connectivity index (χ4v) is 0.828. The normalized spacial score (nSPS) is 14.1. The topological polar surface area (TPSA) is 38.5 Å². The molecule has 0 amide bonds. The van der Waals surface area contributed by atoms with Gasteiger partial charge in [0.05, 0.1) is 7.11 Å². The summed E-state index contributed by atoms with van der Waals surface area (Å²) in [6, 6.07) is 0.187. The van der Waals surface area contributed by atoms with Gasteiger partial charge in [0.15, 0.2) is 0 Å². The Kier molecular flexibility index (Phi) is 5.58. The number of rotatable bonds is 5. The van der Waals surface area contributed by atoms with Gasteiger partial charge in [0.1, 0.15) is 0 Å². The van der Waals surface area contributed by atoms with Gasteiger partial charge in [0.25, 0.3) is 0 Å². The van der Waals surface area contributed by atoms with Gasteiger partial charge in [0.2, 0.25) is 0 Å². The fourth-order valence-electron chi connectivity index (χ4n) is 0.828. The predicted octanol–water partition coefficient (Wildman–Crippen LogP) is 0.607. The highest BCUT2D eigenvalue weighted by atomic mass is 16.7. The van der Waals surface area contributed by atoms with Crippen LogP contribution in [0.5, 0.6) is 0 Å². The lowest BCUT2D eigenvalue weighted by atomic mass is 10.3. The standard InChI is InChI=1S/C7H18N2O/c1-4-5-9(10-3)6-7(2)8/h7H,4-6,8H2,1-3H3. The van der Waals surface area contributed by atoms with Crippen molar-refractivity contribution in [2.75, 3.05) is 20.2 Å². The monoisotopic (exact) mass is 146 g/mol. The van der Waals surface area contributed by atoms with E-state index in [-0.39, 0.29) is 6.04 Å². The molecule has 2 N–H and O–H groups in total. The maximum Gasteiger partial charge on any atom is 0.0575 e. The summed E-state index contributed by atoms with van der Waals surface area (Å²) < 4.78 is 0. The zero-order valence-corrected chi connectivity index (χ0v) is 7.13. The second-order valence-electron chi connectivity index (χ2n) is 2.55. The molecule has 1 atom stereocenters. The summed E-state index contributed by atoms with van der Waals surface area (Å²) in [6.07, 6.45) is 1.10. The van der Waals surface area contributed by atoms with E-state index in [1.165, 1.54) is 0 Å². The lowest BCUT2D eigenvalue weighted by molar-refractivity contribution is -0.133. The van der Waals surface area contributed by atoms with Gasteiger partial charge in [-0.25, -0.2) is 0 Å². The minimum absolute atomic E-state index is 0.187. The van der Waals surface area contributed by atoms with Crippen molar-refractivity contribution in [3.8, 4) is 0 Å². The van der Waals surface area contributed by atoms with Crippen LogP contribution >= 0.6 is 0 Å². The molecule has 1 unspecified atom stereocenters. The Bertz CT molecular complexity index is 76.0. The third-order valence-corrected chi connectivity index (χ3v) is 1.22. The zero-order chi connectivity index (χ0) is 7.98. The highest BCUT2D eigenvalue weighted by Crippen LogP contribution is 1.91. The first-order chi connectivity index (χ1) is 4.70. The number of nitrogens with two attached hydrogens (primary N) is 1. The Morgan fingerprint density at radius 2 is 2.20 bits per heavy atom. The van der Waals surface area contributed by atoms with E-state index in [1.807, 2.05) is 12.0 Å². The molecule has 0 aromatic carbocycles. The molecule has 0 aromatic rings. The van der Waals surface area contributed by atoms with E-state index in [1.54, 1.807) is 7.11 Å². The van der Waals surface area contributed by atoms with Crippen LogP contribution in [0.4, 0.5) is 0 Å². The molecule has 0 radical (unpaired) electrons. The third kappa shape index (κ3) is 4.73. The molecule has 0 spiro atoms. The van der Waals surface area contributed by atoms with Crippen molar-refractivity contribution in [2.24, 2.45) is 5.73 Å². The SMILES string of the molecule is CCCN(CC(C)N)OC. The third-order valence-electron chi connectivity index (χ3n) is 1.22. The Hall–Kier alpha value is -0.120. The summed E-state index contributed by atoms with van der Waals surface area (Å²) >= 11 is 0. The van der Waals surface area contributed by atoms with Crippen molar-refractivity contribution in [1.82, 2.24) is 5.06 Å². The molecular formula is C7H18N2O. The number of hydrogen-bond donors (Lipinski definition) is 1. The summed E-state index contributed by atoms with van der Waals surface area (Å²) in [6.45, 7) is 5.86. The van der Waals surface area contributed by atoms with Crippen molar-refractivity contribution in [1.29, 1.82) is 0 Å². The first kappa shape index (κ1) is 9.88. The van der Waals surface area contributed by atoms with Crippen molar-refractivity contribution in [3.05, 3.63) is 0 Å². The first-order valence-electron chi connectivity index (χ1n) is 3.75. The van der Waals surface area contributed by atoms with Crippen LogP contribution in [-0.2, 0) is 4.84 Å². The quantitative estimate of drug-likeness (QED) is 0.577. The summed E-state index contributed by atoms with van der Waals surface area (Å²) in [5.74, 6) is 0. The number of hydrogen-bond acceptors (Lipinski definition) is 3. The average molecular weight is 146 g/mol. The Morgan fingerprint density at radius 1 is 1.60 bits per heavy atom. The van der Waals surface area contributed by atoms with Gasteiger partial charge in [0, 0.05) is 19.1 Å². The molecule has 0 heterocycles. The van der Waals surface area contributed by atoms with E-state index in [2.05, 4.69) is 6.92 Å². The van der Waals surface area contributed by atoms with Crippen molar-refractivity contribution in [3.63, 3.8) is 0 Å². The van der Waals surface area contributed by atoms with Gasteiger partial charge in [-0.1, -0.05) is 6.92 Å². The van der Waals surface area contributed by atoms with E-state index in [0.29, 0.717) is 0 Å². The van der Waals surface area contributed by atoms with Gasteiger partial charge in [-0.3, -0.25) is 0 Å². The molecule has 3 heteroatoms. The van der Waals surface area contributed by atoms with Crippen LogP contribution < -0.4 is 5.73 Å². The molecular weight excluding hydrogens is 128 g/mol. The maximum atomic E-state index is 5.58. The molecule has 0 aliphatic heterocycles. The van der Waals surface area contributed by atoms with Crippen LogP contribution in [-0.4, -0.2) is 31.3 Å². The van der Waals surface area contributed by atoms with Gasteiger partial charge in [-0.05, 0) is 13.3 Å². The maximum absolute atomic E-state index is 5.58. The minimum Gasteiger partial charge on any atom is -0.327 e. The van der Waals surface area contributed by atoms with Crippen molar-refractivity contribution in [2.45, 2.75) is 26.3 Å². The average Bonchev–Trinajstić information content (AvgIpc) is 1.86. The minimum atomic E-state index is 0.187. The summed E-state index contributed by atoms with van der Waals surface area (Å²) in [7, 11) is 1.68. The van der Waals surface area contributed by atoms with Crippen LogP contribution in [0, 0.1) is 0 Å². The number of hydroxylamine groups is 2. The van der Waals surface area contributed by atoms with Crippen molar-refractivity contribution < 1.29 is 4.84 Å². The Balaban J connectivity index is 3.39. The highest BCUT2D eigenvalue weighted by Gasteiger charge is 2.03. The van der Waals surface area contributed by atoms with E-state index in [0.717, 1.165) is 19.5 Å². The molecule has 3 nitrogen and oxygen atoms in total. The number of nitrogens with zero attached hydrogens (tertiary/aromatic N) is 1. The first-order valence-corrected chi connectivity index (χ1v) is 3.75. The molecule has 0 rings (SSSR count). The van der Waals surface area contributed by atoms with Gasteiger partial charge < -0.3 is 10.6 Å². The molecule has 0 saturated heterocycles. The summed E-state index contributed by atoms with van der Waals surface area (Å²) in [5.41, 5.74) is 5.58. The van der Waals surface area contributed by atoms with Crippen LogP contribution in [0.1, 0.15) is 20.3 Å². The van der Waals surface area contributed by atoms with Crippen molar-refractivity contribution >= 4 is 0 Å². The smallest absolute Gasteiger partial charge is 0.0575 e. The molecule has 10 heavy (non-hydrogen) atoms. The Morgan fingerprint density at radius 3 is 2.50 bits per heavy atom. The van der Waals surface area contributed by atoms with E-state index < -0.39 is 0 Å². The zero-order valence-electron chi connectivity index (χ0n) is 7.13. The van der Waals surface area contributed by atoms with E-state index >= 15 is 0 Å². The fraction of sp³-hybridized carbons (Fsp3) is 1.00. The predicted molar refractivity (Wildman–Crippen MR) is 42.5 cm³/mol. The lowest BCUT2D eigenvalue weighted by Crippen LogP contribution is -2.35. The summed E-state index contributed by atoms with van der Waals surface area (Å²) in [4.78, 5) is 5.05.